The lowest BCUT2D eigenvalue weighted by molar-refractivity contribution is -0.384. The van der Waals surface area contributed by atoms with Gasteiger partial charge >= 0.3 is 4.87 Å². The van der Waals surface area contributed by atoms with Crippen molar-refractivity contribution in [3.8, 4) is 11.3 Å². The second-order valence-corrected chi connectivity index (χ2v) is 7.22. The summed E-state index contributed by atoms with van der Waals surface area (Å²) in [7, 11) is 0. The largest absolute Gasteiger partial charge is 0.312 e. The molecule has 0 saturated carbocycles. The molecule has 1 fully saturated rings. The van der Waals surface area contributed by atoms with E-state index in [-0.39, 0.29) is 10.6 Å². The van der Waals surface area contributed by atoms with E-state index in [1.165, 1.54) is 42.7 Å². The van der Waals surface area contributed by atoms with Gasteiger partial charge in [0.25, 0.3) is 5.69 Å². The third kappa shape index (κ3) is 3.57. The Morgan fingerprint density at radius 1 is 1.42 bits per heavy atom. The molecule has 1 aromatic heterocycles. The van der Waals surface area contributed by atoms with Gasteiger partial charge in [0, 0.05) is 35.2 Å². The van der Waals surface area contributed by atoms with Crippen molar-refractivity contribution >= 4 is 17.0 Å². The van der Waals surface area contributed by atoms with Crippen molar-refractivity contribution in [3.05, 3.63) is 48.9 Å². The molecule has 1 aromatic carbocycles. The summed E-state index contributed by atoms with van der Waals surface area (Å²) in [5.41, 5.74) is 1.45. The number of rotatable bonds is 5. The number of non-ortho nitro benzene ring substituents is 1. The molecule has 1 aliphatic rings. The maximum absolute atomic E-state index is 11.9. The number of hydrogen-bond acceptors (Lipinski definition) is 5. The second-order valence-electron chi connectivity index (χ2n) is 6.15. The molecule has 1 unspecified atom stereocenters. The molecule has 0 bridgehead atoms. The molecule has 2 aromatic rings. The summed E-state index contributed by atoms with van der Waals surface area (Å²) in [4.78, 5) is 28.6. The zero-order valence-electron chi connectivity index (χ0n) is 13.7. The number of benzene rings is 1. The highest BCUT2D eigenvalue weighted by Gasteiger charge is 2.23. The molecule has 1 aliphatic heterocycles. The van der Waals surface area contributed by atoms with E-state index in [0.29, 0.717) is 17.3 Å². The van der Waals surface area contributed by atoms with E-state index in [1.54, 1.807) is 6.07 Å². The van der Waals surface area contributed by atoms with Gasteiger partial charge in [0.2, 0.25) is 0 Å². The summed E-state index contributed by atoms with van der Waals surface area (Å²) in [5.74, 6) is 0. The average molecular weight is 347 g/mol. The van der Waals surface area contributed by atoms with Crippen molar-refractivity contribution in [3.63, 3.8) is 0 Å². The number of thiazole rings is 1. The van der Waals surface area contributed by atoms with Crippen LogP contribution in [0, 0.1) is 10.1 Å². The van der Waals surface area contributed by atoms with Crippen LogP contribution in [0.2, 0.25) is 0 Å². The number of aromatic amines is 1. The van der Waals surface area contributed by atoms with Crippen LogP contribution in [-0.2, 0) is 6.54 Å². The molecular formula is C17H21N3O3S. The summed E-state index contributed by atoms with van der Waals surface area (Å²) in [5, 5.41) is 11.0. The molecule has 0 aliphatic carbocycles. The van der Waals surface area contributed by atoms with Crippen molar-refractivity contribution in [2.45, 2.75) is 45.2 Å². The lowest BCUT2D eigenvalue weighted by atomic mass is 9.99. The molecule has 128 valence electrons. The number of nitrogens with zero attached hydrogens (tertiary/aromatic N) is 2. The Kier molecular flexibility index (Phi) is 5.11. The molecule has 1 saturated heterocycles. The van der Waals surface area contributed by atoms with E-state index < -0.39 is 4.92 Å². The summed E-state index contributed by atoms with van der Waals surface area (Å²) >= 11 is 1.21. The molecule has 2 heterocycles. The van der Waals surface area contributed by atoms with Gasteiger partial charge in [-0.2, -0.15) is 0 Å². The molecular weight excluding hydrogens is 326 g/mol. The van der Waals surface area contributed by atoms with Gasteiger partial charge in [-0.05, 0) is 25.8 Å². The fraction of sp³-hybridized carbons (Fsp3) is 0.471. The van der Waals surface area contributed by atoms with Gasteiger partial charge in [-0.15, -0.1) is 0 Å². The fourth-order valence-corrected chi connectivity index (χ4v) is 4.27. The number of nitro benzene ring substituents is 1. The smallest absolute Gasteiger partial charge is 0.305 e. The molecule has 1 N–H and O–H groups in total. The van der Waals surface area contributed by atoms with E-state index in [4.69, 9.17) is 0 Å². The standard InChI is InChI=1S/C17H21N3O3S/c1-2-13-7-3-4-9-19(13)11-15-16(18-17(21)24-15)12-6-5-8-14(10-12)20(22)23/h5-6,8,10,13H,2-4,7,9,11H2,1H3,(H,18,21). The van der Waals surface area contributed by atoms with Gasteiger partial charge in [-0.1, -0.05) is 36.8 Å². The Bertz CT molecular complexity index is 783. The maximum Gasteiger partial charge on any atom is 0.305 e. The zero-order chi connectivity index (χ0) is 17.1. The van der Waals surface area contributed by atoms with Crippen LogP contribution < -0.4 is 4.87 Å². The molecule has 0 amide bonds. The highest BCUT2D eigenvalue weighted by atomic mass is 32.1. The predicted octanol–water partition coefficient (Wildman–Crippen LogP) is 3.78. The number of piperidine rings is 1. The number of aromatic nitrogens is 1. The second kappa shape index (κ2) is 7.27. The van der Waals surface area contributed by atoms with E-state index in [1.807, 2.05) is 6.07 Å². The SMILES string of the molecule is CCC1CCCCN1Cc1sc(=O)[nH]c1-c1cccc([N+](=O)[O-])c1. The number of nitrogens with one attached hydrogen (secondary N) is 1. The summed E-state index contributed by atoms with van der Waals surface area (Å²) in [6, 6.07) is 7.00. The minimum absolute atomic E-state index is 0.0370. The highest BCUT2D eigenvalue weighted by Crippen LogP contribution is 2.29. The molecule has 1 atom stereocenters. The molecule has 24 heavy (non-hydrogen) atoms. The van der Waals surface area contributed by atoms with E-state index in [0.717, 1.165) is 24.4 Å². The van der Waals surface area contributed by atoms with E-state index >= 15 is 0 Å². The van der Waals surface area contributed by atoms with E-state index in [2.05, 4.69) is 16.8 Å². The summed E-state index contributed by atoms with van der Waals surface area (Å²) in [6.07, 6.45) is 4.74. The molecule has 6 nitrogen and oxygen atoms in total. The number of nitro groups is 1. The minimum Gasteiger partial charge on any atom is -0.312 e. The molecule has 0 radical (unpaired) electrons. The van der Waals surface area contributed by atoms with Crippen molar-refractivity contribution in [1.29, 1.82) is 0 Å². The van der Waals surface area contributed by atoms with Crippen molar-refractivity contribution in [1.82, 2.24) is 9.88 Å². The Morgan fingerprint density at radius 2 is 2.25 bits per heavy atom. The van der Waals surface area contributed by atoms with Gasteiger partial charge < -0.3 is 4.98 Å². The Morgan fingerprint density at radius 3 is 3.00 bits per heavy atom. The molecule has 7 heteroatoms. The Balaban J connectivity index is 1.92. The zero-order valence-corrected chi connectivity index (χ0v) is 14.5. The Labute approximate surface area is 144 Å². The third-order valence-electron chi connectivity index (χ3n) is 4.63. The van der Waals surface area contributed by atoms with Gasteiger partial charge in [0.15, 0.2) is 0 Å². The number of H-pyrrole nitrogens is 1. The molecule has 0 spiro atoms. The summed E-state index contributed by atoms with van der Waals surface area (Å²) < 4.78 is 0. The van der Waals surface area contributed by atoms with Crippen molar-refractivity contribution < 1.29 is 4.92 Å². The van der Waals surface area contributed by atoms with Gasteiger partial charge in [0.05, 0.1) is 10.6 Å². The third-order valence-corrected chi connectivity index (χ3v) is 5.50. The van der Waals surface area contributed by atoms with Gasteiger partial charge in [0.1, 0.15) is 0 Å². The number of hydrogen-bond donors (Lipinski definition) is 1. The first kappa shape index (κ1) is 16.9. The lowest BCUT2D eigenvalue weighted by Gasteiger charge is -2.35. The first-order valence-electron chi connectivity index (χ1n) is 8.29. The predicted molar refractivity (Wildman–Crippen MR) is 95.4 cm³/mol. The van der Waals surface area contributed by atoms with E-state index in [9.17, 15) is 14.9 Å². The van der Waals surface area contributed by atoms with Crippen LogP contribution in [0.15, 0.2) is 29.1 Å². The van der Waals surface area contributed by atoms with Crippen molar-refractivity contribution in [2.75, 3.05) is 6.54 Å². The monoisotopic (exact) mass is 347 g/mol. The normalized spacial score (nSPS) is 18.6. The van der Waals surface area contributed by atoms with Crippen LogP contribution in [0.1, 0.15) is 37.5 Å². The van der Waals surface area contributed by atoms with Crippen LogP contribution >= 0.6 is 11.3 Å². The van der Waals surface area contributed by atoms with Crippen LogP contribution in [0.5, 0.6) is 0 Å². The lowest BCUT2D eigenvalue weighted by Crippen LogP contribution is -2.38. The van der Waals surface area contributed by atoms with Crippen LogP contribution in [-0.4, -0.2) is 27.4 Å². The van der Waals surface area contributed by atoms with Crippen LogP contribution in [0.4, 0.5) is 5.69 Å². The van der Waals surface area contributed by atoms with Gasteiger partial charge in [-0.25, -0.2) is 0 Å². The first-order chi connectivity index (χ1) is 11.6. The van der Waals surface area contributed by atoms with Crippen LogP contribution in [0.3, 0.4) is 0 Å². The fourth-order valence-electron chi connectivity index (χ4n) is 3.39. The number of likely N-dealkylation sites (tertiary alicyclic amines) is 1. The first-order valence-corrected chi connectivity index (χ1v) is 9.11. The average Bonchev–Trinajstić information content (AvgIpc) is 2.96. The van der Waals surface area contributed by atoms with Crippen molar-refractivity contribution in [2.24, 2.45) is 0 Å². The molecule has 3 rings (SSSR count). The quantitative estimate of drug-likeness (QED) is 0.659. The van der Waals surface area contributed by atoms with Gasteiger partial charge in [-0.3, -0.25) is 19.8 Å². The Hall–Kier alpha value is -1.99. The van der Waals surface area contributed by atoms with Crippen LogP contribution in [0.25, 0.3) is 11.3 Å². The minimum atomic E-state index is -0.411. The summed E-state index contributed by atoms with van der Waals surface area (Å²) in [6.45, 7) is 3.96. The topological polar surface area (TPSA) is 79.2 Å². The highest BCUT2D eigenvalue weighted by molar-refractivity contribution is 7.09. The maximum atomic E-state index is 11.9.